The van der Waals surface area contributed by atoms with Crippen molar-refractivity contribution in [2.45, 2.75) is 45.2 Å². The van der Waals surface area contributed by atoms with Gasteiger partial charge in [0.2, 0.25) is 5.56 Å². The van der Waals surface area contributed by atoms with Crippen LogP contribution in [0.3, 0.4) is 0 Å². The van der Waals surface area contributed by atoms with E-state index in [4.69, 9.17) is 4.74 Å². The van der Waals surface area contributed by atoms with Gasteiger partial charge in [0.15, 0.2) is 5.96 Å². The van der Waals surface area contributed by atoms with Crippen LogP contribution >= 0.6 is 0 Å². The lowest BCUT2D eigenvalue weighted by Crippen LogP contribution is -2.50. The second-order valence-electron chi connectivity index (χ2n) is 6.54. The smallest absolute Gasteiger partial charge is 0.409 e. The first kappa shape index (κ1) is 20.8. The first-order chi connectivity index (χ1) is 13.1. The Hall–Kier alpha value is -2.51. The lowest BCUT2D eigenvalue weighted by Gasteiger charge is -2.32. The molecular weight excluding hydrogens is 346 g/mol. The van der Waals surface area contributed by atoms with Crippen LogP contribution in [0.1, 0.15) is 32.6 Å². The number of aromatic nitrogens is 1. The molecule has 27 heavy (non-hydrogen) atoms. The summed E-state index contributed by atoms with van der Waals surface area (Å²) in [6.07, 6.45) is 5.21. The third-order valence-corrected chi connectivity index (χ3v) is 4.60. The Labute approximate surface area is 160 Å². The van der Waals surface area contributed by atoms with E-state index in [1.54, 1.807) is 28.6 Å². The number of nitrogens with zero attached hydrogens (tertiary/aromatic N) is 3. The van der Waals surface area contributed by atoms with E-state index in [-0.39, 0.29) is 11.7 Å². The van der Waals surface area contributed by atoms with Crippen LogP contribution in [0.5, 0.6) is 0 Å². The fourth-order valence-electron chi connectivity index (χ4n) is 3.07. The number of unbranched alkanes of at least 4 members (excludes halogenated alkanes) is 1. The molecule has 1 aromatic heterocycles. The molecule has 8 heteroatoms. The number of piperidine rings is 1. The maximum Gasteiger partial charge on any atom is 0.409 e. The van der Waals surface area contributed by atoms with Gasteiger partial charge in [-0.05, 0) is 38.7 Å². The molecule has 0 atom stereocenters. The Morgan fingerprint density at radius 2 is 2.07 bits per heavy atom. The van der Waals surface area contributed by atoms with Crippen LogP contribution in [0.15, 0.2) is 34.2 Å². The molecule has 2 heterocycles. The molecule has 2 N–H and O–H groups in total. The van der Waals surface area contributed by atoms with Gasteiger partial charge >= 0.3 is 6.09 Å². The van der Waals surface area contributed by atoms with E-state index in [2.05, 4.69) is 15.6 Å². The summed E-state index contributed by atoms with van der Waals surface area (Å²) in [5, 5.41) is 6.74. The van der Waals surface area contributed by atoms with Crippen molar-refractivity contribution in [3.8, 4) is 0 Å². The predicted octanol–water partition coefficient (Wildman–Crippen LogP) is 1.41. The van der Waals surface area contributed by atoms with Gasteiger partial charge in [-0.3, -0.25) is 9.79 Å². The molecule has 0 radical (unpaired) electrons. The Morgan fingerprint density at radius 1 is 1.30 bits per heavy atom. The molecule has 1 amide bonds. The number of amides is 1. The minimum atomic E-state index is -0.226. The topological polar surface area (TPSA) is 88.0 Å². The first-order valence-electron chi connectivity index (χ1n) is 9.68. The van der Waals surface area contributed by atoms with E-state index in [9.17, 15) is 9.59 Å². The monoisotopic (exact) mass is 377 g/mol. The molecule has 1 fully saturated rings. The second-order valence-corrected chi connectivity index (χ2v) is 6.54. The minimum absolute atomic E-state index is 0.0390. The highest BCUT2D eigenvalue weighted by Gasteiger charge is 2.23. The van der Waals surface area contributed by atoms with Crippen molar-refractivity contribution >= 4 is 12.1 Å². The molecule has 0 bridgehead atoms. The summed E-state index contributed by atoms with van der Waals surface area (Å²) in [6.45, 7) is 5.13. The van der Waals surface area contributed by atoms with Crippen LogP contribution < -0.4 is 16.2 Å². The number of hydrogen-bond donors (Lipinski definition) is 2. The fourth-order valence-corrected chi connectivity index (χ4v) is 3.07. The second kappa shape index (κ2) is 11.3. The number of ether oxygens (including phenoxy) is 1. The molecule has 1 saturated heterocycles. The number of likely N-dealkylation sites (tertiary alicyclic amines) is 1. The van der Waals surface area contributed by atoms with Crippen LogP contribution in [0, 0.1) is 0 Å². The summed E-state index contributed by atoms with van der Waals surface area (Å²) in [5.41, 5.74) is 0.0390. The van der Waals surface area contributed by atoms with Crippen molar-refractivity contribution in [1.29, 1.82) is 0 Å². The Morgan fingerprint density at radius 3 is 2.74 bits per heavy atom. The van der Waals surface area contributed by atoms with Gasteiger partial charge < -0.3 is 24.8 Å². The van der Waals surface area contributed by atoms with Gasteiger partial charge in [0.05, 0.1) is 6.61 Å². The molecule has 2 rings (SSSR count). The zero-order valence-corrected chi connectivity index (χ0v) is 16.3. The highest BCUT2D eigenvalue weighted by atomic mass is 16.6. The lowest BCUT2D eigenvalue weighted by atomic mass is 10.1. The molecule has 1 aliphatic heterocycles. The number of hydrogen-bond acceptors (Lipinski definition) is 4. The predicted molar refractivity (Wildman–Crippen MR) is 106 cm³/mol. The summed E-state index contributed by atoms with van der Waals surface area (Å²) >= 11 is 0. The highest BCUT2D eigenvalue weighted by molar-refractivity contribution is 5.80. The highest BCUT2D eigenvalue weighted by Crippen LogP contribution is 2.11. The van der Waals surface area contributed by atoms with Crippen molar-refractivity contribution in [1.82, 2.24) is 20.1 Å². The number of guanidine groups is 1. The van der Waals surface area contributed by atoms with Gasteiger partial charge in [-0.2, -0.15) is 0 Å². The van der Waals surface area contributed by atoms with Gasteiger partial charge in [-0.25, -0.2) is 4.79 Å². The number of carbonyl (C=O) groups is 1. The Kier molecular flexibility index (Phi) is 8.67. The van der Waals surface area contributed by atoms with Crippen molar-refractivity contribution in [2.24, 2.45) is 4.99 Å². The first-order valence-corrected chi connectivity index (χ1v) is 9.68. The number of nitrogens with one attached hydrogen (secondary N) is 2. The van der Waals surface area contributed by atoms with Crippen molar-refractivity contribution in [3.63, 3.8) is 0 Å². The maximum atomic E-state index is 11.7. The average Bonchev–Trinajstić information content (AvgIpc) is 2.68. The molecule has 0 aromatic carbocycles. The summed E-state index contributed by atoms with van der Waals surface area (Å²) in [6, 6.07) is 5.51. The summed E-state index contributed by atoms with van der Waals surface area (Å²) in [5.74, 6) is 0.779. The number of aryl methyl sites for hydroxylation is 1. The van der Waals surface area contributed by atoms with E-state index in [0.29, 0.717) is 25.7 Å². The molecule has 0 saturated carbocycles. The quantitative estimate of drug-likeness (QED) is 0.426. The van der Waals surface area contributed by atoms with Crippen LogP contribution in [0.25, 0.3) is 0 Å². The van der Waals surface area contributed by atoms with E-state index in [0.717, 1.165) is 44.7 Å². The number of pyridine rings is 1. The van der Waals surface area contributed by atoms with E-state index in [1.807, 2.05) is 19.2 Å². The molecule has 0 unspecified atom stereocenters. The molecule has 1 aromatic rings. The van der Waals surface area contributed by atoms with Gasteiger partial charge in [0.25, 0.3) is 0 Å². The lowest BCUT2D eigenvalue weighted by molar-refractivity contribution is 0.0963. The Bertz CT molecular complexity index is 665. The van der Waals surface area contributed by atoms with E-state index < -0.39 is 0 Å². The molecule has 8 nitrogen and oxygen atoms in total. The standard InChI is InChI=1S/C19H31N5O3/c1-3-27-19(26)24-14-9-16(10-15-24)22-18(20-2)21-11-5-7-13-23-12-6-4-8-17(23)25/h4,6,8,12,16H,3,5,7,9-11,13-15H2,1-2H3,(H2,20,21,22). The zero-order chi connectivity index (χ0) is 19.5. The van der Waals surface area contributed by atoms with Gasteiger partial charge in [-0.15, -0.1) is 0 Å². The van der Waals surface area contributed by atoms with Crippen molar-refractivity contribution in [3.05, 3.63) is 34.7 Å². The van der Waals surface area contributed by atoms with Crippen molar-refractivity contribution < 1.29 is 9.53 Å². The van der Waals surface area contributed by atoms with Crippen LogP contribution in [0.4, 0.5) is 4.79 Å². The van der Waals surface area contributed by atoms with Crippen LogP contribution in [-0.2, 0) is 11.3 Å². The number of rotatable bonds is 7. The molecule has 0 aliphatic carbocycles. The zero-order valence-electron chi connectivity index (χ0n) is 16.3. The Balaban J connectivity index is 1.63. The summed E-state index contributed by atoms with van der Waals surface area (Å²) in [4.78, 5) is 29.4. The summed E-state index contributed by atoms with van der Waals surface area (Å²) in [7, 11) is 1.76. The maximum absolute atomic E-state index is 11.7. The van der Waals surface area contributed by atoms with Gasteiger partial charge in [0.1, 0.15) is 0 Å². The molecule has 1 aliphatic rings. The molecule has 0 spiro atoms. The van der Waals surface area contributed by atoms with Gasteiger partial charge in [-0.1, -0.05) is 6.07 Å². The molecular formula is C19H31N5O3. The SMILES string of the molecule is CCOC(=O)N1CCC(NC(=NC)NCCCCn2ccccc2=O)CC1. The fraction of sp³-hybridized carbons (Fsp3) is 0.632. The summed E-state index contributed by atoms with van der Waals surface area (Å²) < 4.78 is 6.77. The molecule has 150 valence electrons. The van der Waals surface area contributed by atoms with E-state index >= 15 is 0 Å². The van der Waals surface area contributed by atoms with Crippen molar-refractivity contribution in [2.75, 3.05) is 33.3 Å². The third-order valence-electron chi connectivity index (χ3n) is 4.60. The van der Waals surface area contributed by atoms with Gasteiger partial charge in [0, 0.05) is 51.5 Å². The minimum Gasteiger partial charge on any atom is -0.450 e. The number of aliphatic imine (C=N–C) groups is 1. The normalized spacial score (nSPS) is 15.5. The largest absolute Gasteiger partial charge is 0.450 e. The van der Waals surface area contributed by atoms with E-state index in [1.165, 1.54) is 0 Å². The third kappa shape index (κ3) is 6.96. The van der Waals surface area contributed by atoms with Crippen LogP contribution in [0.2, 0.25) is 0 Å². The van der Waals surface area contributed by atoms with Crippen LogP contribution in [-0.4, -0.2) is 60.9 Å². The number of carbonyl (C=O) groups excluding carboxylic acids is 1. The average molecular weight is 377 g/mol.